The van der Waals surface area contributed by atoms with Gasteiger partial charge in [0.2, 0.25) is 0 Å². The molecule has 0 aliphatic carbocycles. The Morgan fingerprint density at radius 2 is 2.33 bits per heavy atom. The van der Waals surface area contributed by atoms with Crippen LogP contribution in [-0.4, -0.2) is 19.0 Å². The van der Waals surface area contributed by atoms with E-state index in [4.69, 9.17) is 14.5 Å². The molecule has 1 rings (SSSR count). The highest BCUT2D eigenvalue weighted by Gasteiger charge is 2.23. The summed E-state index contributed by atoms with van der Waals surface area (Å²) in [4.78, 5) is 9.58. The maximum atomic E-state index is 5.13. The Labute approximate surface area is 54.8 Å². The van der Waals surface area contributed by atoms with Gasteiger partial charge in [0.05, 0.1) is 6.10 Å². The van der Waals surface area contributed by atoms with Crippen LogP contribution in [0.1, 0.15) is 20.3 Å². The van der Waals surface area contributed by atoms with Crippen LogP contribution in [0, 0.1) is 0 Å². The Hall–Kier alpha value is -0.120. The van der Waals surface area contributed by atoms with Crippen LogP contribution >= 0.6 is 0 Å². The molecule has 1 aliphatic heterocycles. The lowest BCUT2D eigenvalue weighted by atomic mass is 10.3. The van der Waals surface area contributed by atoms with Crippen LogP contribution < -0.4 is 0 Å². The Kier molecular flexibility index (Phi) is 2.45. The molecule has 3 nitrogen and oxygen atoms in total. The molecule has 0 aromatic heterocycles. The molecular formula is C6H12O3. The molecule has 0 aromatic carbocycles. The largest absolute Gasteiger partial charge is 0.350 e. The van der Waals surface area contributed by atoms with E-state index >= 15 is 0 Å². The molecule has 1 fully saturated rings. The molecular weight excluding hydrogens is 120 g/mol. The quantitative estimate of drug-likeness (QED) is 0.526. The summed E-state index contributed by atoms with van der Waals surface area (Å²) in [6, 6.07) is 0. The third-order valence-electron chi connectivity index (χ3n) is 1.20. The molecule has 0 aromatic rings. The number of hydrogen-bond acceptors (Lipinski definition) is 3. The van der Waals surface area contributed by atoms with Crippen molar-refractivity contribution in [3.05, 3.63) is 0 Å². The van der Waals surface area contributed by atoms with Gasteiger partial charge in [-0.15, -0.1) is 0 Å². The van der Waals surface area contributed by atoms with Gasteiger partial charge in [-0.25, -0.2) is 9.78 Å². The van der Waals surface area contributed by atoms with E-state index in [2.05, 4.69) is 0 Å². The Balaban J connectivity index is 2.14. The highest BCUT2D eigenvalue weighted by molar-refractivity contribution is 4.55. The van der Waals surface area contributed by atoms with Gasteiger partial charge in [0.1, 0.15) is 0 Å². The average Bonchev–Trinajstić information content (AvgIpc) is 2.17. The minimum Gasteiger partial charge on any atom is -0.350 e. The smallest absolute Gasteiger partial charge is 0.193 e. The zero-order valence-electron chi connectivity index (χ0n) is 5.79. The fraction of sp³-hybridized carbons (Fsp3) is 1.00. The summed E-state index contributed by atoms with van der Waals surface area (Å²) >= 11 is 0. The van der Waals surface area contributed by atoms with Gasteiger partial charge in [-0.3, -0.25) is 0 Å². The van der Waals surface area contributed by atoms with Crippen molar-refractivity contribution in [3.63, 3.8) is 0 Å². The van der Waals surface area contributed by atoms with Gasteiger partial charge in [-0.1, -0.05) is 0 Å². The van der Waals surface area contributed by atoms with Gasteiger partial charge < -0.3 is 4.74 Å². The zero-order valence-corrected chi connectivity index (χ0v) is 5.79. The van der Waals surface area contributed by atoms with Gasteiger partial charge in [-0.05, 0) is 13.8 Å². The minimum absolute atomic E-state index is 0.134. The first-order valence-electron chi connectivity index (χ1n) is 3.26. The van der Waals surface area contributed by atoms with Crippen molar-refractivity contribution >= 4 is 0 Å². The second-order valence-corrected chi connectivity index (χ2v) is 2.12. The first-order chi connectivity index (χ1) is 4.33. The van der Waals surface area contributed by atoms with E-state index < -0.39 is 0 Å². The Morgan fingerprint density at radius 1 is 1.56 bits per heavy atom. The van der Waals surface area contributed by atoms with E-state index in [-0.39, 0.29) is 12.4 Å². The van der Waals surface area contributed by atoms with Crippen LogP contribution in [0.15, 0.2) is 0 Å². The van der Waals surface area contributed by atoms with Crippen molar-refractivity contribution in [2.24, 2.45) is 0 Å². The van der Waals surface area contributed by atoms with Crippen LogP contribution in [0.3, 0.4) is 0 Å². The first kappa shape index (κ1) is 6.99. The first-order valence-corrected chi connectivity index (χ1v) is 3.26. The normalized spacial score (nSPS) is 35.3. The molecule has 54 valence electrons. The lowest BCUT2D eigenvalue weighted by Crippen LogP contribution is -2.10. The summed E-state index contributed by atoms with van der Waals surface area (Å²) in [5.74, 6) is 0. The van der Waals surface area contributed by atoms with E-state index in [9.17, 15) is 0 Å². The molecule has 0 unspecified atom stereocenters. The summed E-state index contributed by atoms with van der Waals surface area (Å²) in [5.41, 5.74) is 0. The fourth-order valence-corrected chi connectivity index (χ4v) is 0.788. The summed E-state index contributed by atoms with van der Waals surface area (Å²) < 4.78 is 5.13. The van der Waals surface area contributed by atoms with E-state index in [1.165, 1.54) is 0 Å². The fourth-order valence-electron chi connectivity index (χ4n) is 0.788. The summed E-state index contributed by atoms with van der Waals surface area (Å²) in [6.45, 7) is 4.58. The van der Waals surface area contributed by atoms with Crippen LogP contribution in [0.5, 0.6) is 0 Å². The number of hydrogen-bond donors (Lipinski definition) is 0. The molecule has 3 heteroatoms. The van der Waals surface area contributed by atoms with Gasteiger partial charge in [0, 0.05) is 13.0 Å². The highest BCUT2D eigenvalue weighted by atomic mass is 17.2. The molecule has 0 amide bonds. The topological polar surface area (TPSA) is 27.7 Å². The lowest BCUT2D eigenvalue weighted by Gasteiger charge is -2.03. The highest BCUT2D eigenvalue weighted by Crippen LogP contribution is 2.16. The third-order valence-corrected chi connectivity index (χ3v) is 1.20. The van der Waals surface area contributed by atoms with Crippen molar-refractivity contribution < 1.29 is 14.5 Å². The van der Waals surface area contributed by atoms with E-state index in [1.54, 1.807) is 0 Å². The molecule has 1 aliphatic rings. The van der Waals surface area contributed by atoms with Crippen molar-refractivity contribution in [1.82, 2.24) is 0 Å². The second kappa shape index (κ2) is 3.15. The van der Waals surface area contributed by atoms with Gasteiger partial charge in [-0.2, -0.15) is 0 Å². The molecule has 0 bridgehead atoms. The minimum atomic E-state index is -0.134. The summed E-state index contributed by atoms with van der Waals surface area (Å²) in [5, 5.41) is 0. The number of ether oxygens (including phenoxy) is 1. The molecule has 2 atom stereocenters. The van der Waals surface area contributed by atoms with E-state index in [0.717, 1.165) is 6.42 Å². The van der Waals surface area contributed by atoms with Gasteiger partial charge in [0.15, 0.2) is 6.29 Å². The number of rotatable bonds is 2. The summed E-state index contributed by atoms with van der Waals surface area (Å²) in [7, 11) is 0. The van der Waals surface area contributed by atoms with E-state index in [1.807, 2.05) is 13.8 Å². The van der Waals surface area contributed by atoms with Crippen molar-refractivity contribution in [2.45, 2.75) is 32.7 Å². The Morgan fingerprint density at radius 3 is 2.78 bits per heavy atom. The van der Waals surface area contributed by atoms with Gasteiger partial charge >= 0.3 is 0 Å². The average molecular weight is 132 g/mol. The van der Waals surface area contributed by atoms with Crippen molar-refractivity contribution in [1.29, 1.82) is 0 Å². The second-order valence-electron chi connectivity index (χ2n) is 2.12. The van der Waals surface area contributed by atoms with Crippen LogP contribution in [0.25, 0.3) is 0 Å². The Bertz CT molecular complexity index is 82.4. The zero-order chi connectivity index (χ0) is 6.69. The predicted molar refractivity (Wildman–Crippen MR) is 31.7 cm³/mol. The molecule has 0 spiro atoms. The third kappa shape index (κ3) is 1.93. The maximum Gasteiger partial charge on any atom is 0.193 e. The van der Waals surface area contributed by atoms with Gasteiger partial charge in [0.25, 0.3) is 0 Å². The molecule has 0 radical (unpaired) electrons. The standard InChI is InChI=1S/C6H12O3/c1-3-7-6-4-5(2)8-9-6/h5-6H,3-4H2,1-2H3/t5-,6-/m0/s1. The lowest BCUT2D eigenvalue weighted by molar-refractivity contribution is -0.339. The molecule has 1 saturated heterocycles. The van der Waals surface area contributed by atoms with Crippen LogP contribution in [-0.2, 0) is 14.5 Å². The van der Waals surface area contributed by atoms with E-state index in [0.29, 0.717) is 6.61 Å². The van der Waals surface area contributed by atoms with Crippen molar-refractivity contribution in [2.75, 3.05) is 6.61 Å². The monoisotopic (exact) mass is 132 g/mol. The molecule has 9 heavy (non-hydrogen) atoms. The maximum absolute atomic E-state index is 5.13. The molecule has 1 heterocycles. The predicted octanol–water partition coefficient (Wildman–Crippen LogP) is 1.09. The summed E-state index contributed by atoms with van der Waals surface area (Å²) in [6.07, 6.45) is 0.889. The van der Waals surface area contributed by atoms with Crippen LogP contribution in [0.2, 0.25) is 0 Å². The van der Waals surface area contributed by atoms with Crippen LogP contribution in [0.4, 0.5) is 0 Å². The molecule has 0 N–H and O–H groups in total. The van der Waals surface area contributed by atoms with Crippen molar-refractivity contribution in [3.8, 4) is 0 Å². The molecule has 0 saturated carbocycles. The SMILES string of the molecule is CCO[C@@H]1C[C@H](C)OO1.